The fourth-order valence-electron chi connectivity index (χ4n) is 9.96. The number of nitrogens with zero attached hydrogens (tertiary/aromatic N) is 3. The van der Waals surface area contributed by atoms with Crippen LogP contribution in [-0.2, 0) is 24.6 Å². The number of anilines is 2. The van der Waals surface area contributed by atoms with Gasteiger partial charge in [0.15, 0.2) is 17.1 Å². The fourth-order valence-corrected chi connectivity index (χ4v) is 10.4. The Hall–Kier alpha value is -6.50. The van der Waals surface area contributed by atoms with Crippen LogP contribution >= 0.6 is 23.2 Å². The number of phenols is 1. The summed E-state index contributed by atoms with van der Waals surface area (Å²) >= 11 is 12.7. The number of benzene rings is 5. The number of hydrogen-bond donors (Lipinski definition) is 2. The smallest absolute Gasteiger partial charge is 0.260 e. The molecule has 0 bridgehead atoms. The van der Waals surface area contributed by atoms with Crippen LogP contribution in [-0.4, -0.2) is 45.8 Å². The van der Waals surface area contributed by atoms with E-state index in [0.717, 1.165) is 11.1 Å². The van der Waals surface area contributed by atoms with E-state index in [0.29, 0.717) is 50.1 Å². The number of aromatic hydroxyl groups is 1. The molecular weight excluding hydrogens is 810 g/mol. The van der Waals surface area contributed by atoms with E-state index < -0.39 is 70.2 Å². The number of allylic oxidation sites excluding steroid dienone is 2. The minimum absolute atomic E-state index is 0.0216. The number of halogens is 3. The summed E-state index contributed by atoms with van der Waals surface area (Å²) in [4.78, 5) is 65.3. The highest BCUT2D eigenvalue weighted by Gasteiger charge is 2.70. The molecule has 2 aliphatic carbocycles. The number of hydrazine groups is 1. The van der Waals surface area contributed by atoms with E-state index in [4.69, 9.17) is 32.4 Å². The lowest BCUT2D eigenvalue weighted by molar-refractivity contribution is -0.138. The van der Waals surface area contributed by atoms with Crippen molar-refractivity contribution in [2.75, 3.05) is 17.4 Å². The summed E-state index contributed by atoms with van der Waals surface area (Å²) in [6, 6.07) is 29.5. The van der Waals surface area contributed by atoms with Crippen molar-refractivity contribution in [3.05, 3.63) is 148 Å². The second-order valence-corrected chi connectivity index (χ2v) is 16.3. The van der Waals surface area contributed by atoms with Crippen molar-refractivity contribution in [2.45, 2.75) is 24.2 Å². The zero-order valence-electron chi connectivity index (χ0n) is 31.6. The highest BCUT2D eigenvalue weighted by Crippen LogP contribution is 2.65. The number of phenolic OH excluding ortho intramolecular Hbond substituents is 1. The van der Waals surface area contributed by atoms with Gasteiger partial charge in [-0.25, -0.2) is 9.37 Å². The number of imide groups is 2. The van der Waals surface area contributed by atoms with Gasteiger partial charge in [0, 0.05) is 22.1 Å². The number of rotatable bonds is 7. The first-order chi connectivity index (χ1) is 29.0. The maximum Gasteiger partial charge on any atom is 0.260 e. The molecule has 3 fully saturated rings. The van der Waals surface area contributed by atoms with Crippen molar-refractivity contribution in [1.82, 2.24) is 9.99 Å². The van der Waals surface area contributed by atoms with Crippen LogP contribution in [0, 0.1) is 29.5 Å². The first kappa shape index (κ1) is 37.7. The molecule has 1 saturated carbocycles. The van der Waals surface area contributed by atoms with Gasteiger partial charge in [-0.3, -0.25) is 29.5 Å². The number of hydrogen-bond acceptors (Lipinski definition) is 9. The van der Waals surface area contributed by atoms with Crippen LogP contribution in [0.4, 0.5) is 15.8 Å². The van der Waals surface area contributed by atoms with Gasteiger partial charge in [0.05, 0.1) is 46.7 Å². The molecule has 3 heterocycles. The standard InChI is InChI=1S/C46H33Cl2FN4O7/c1-59-27-16-11-24(12-17-27)46-32(43(56)53(45(46)58)51-35-20-13-25(47)21-33(35)48)22-31-28(39(46)30-5-4-6-34(49)40(30)54)18-19-29-38(31)44(57)52(42(29)55)26-14-9-23(10-15-26)41-50-36-7-2-3-8-37(36)60-41/h2-18,20-21,29,31-32,38-39,51,54H,19,22H2,1H3. The Balaban J connectivity index is 1.09. The molecule has 6 atom stereocenters. The van der Waals surface area contributed by atoms with Crippen molar-refractivity contribution in [3.63, 3.8) is 0 Å². The number of amides is 4. The monoisotopic (exact) mass is 842 g/mol. The third-order valence-corrected chi connectivity index (χ3v) is 13.1. The SMILES string of the molecule is COc1ccc(C23C(=O)N(Nc4ccc(Cl)cc4Cl)C(=O)C2CC2C(=CCC4C(=O)N(c5ccc(-c6nc7ccccc7o6)cc5)C(=O)C42)C3c2cccc(F)c2O)cc1. The van der Waals surface area contributed by atoms with Gasteiger partial charge in [0.2, 0.25) is 17.7 Å². The largest absolute Gasteiger partial charge is 0.505 e. The molecule has 5 aromatic carbocycles. The number of methoxy groups -OCH3 is 1. The summed E-state index contributed by atoms with van der Waals surface area (Å²) in [6.45, 7) is 0. The third-order valence-electron chi connectivity index (χ3n) is 12.6. The average molecular weight is 844 g/mol. The first-order valence-corrected chi connectivity index (χ1v) is 20.0. The van der Waals surface area contributed by atoms with E-state index in [-0.39, 0.29) is 29.1 Å². The van der Waals surface area contributed by atoms with Gasteiger partial charge in [0.1, 0.15) is 11.3 Å². The number of para-hydroxylation sites is 3. The molecule has 2 saturated heterocycles. The van der Waals surface area contributed by atoms with Gasteiger partial charge in [-0.1, -0.05) is 71.2 Å². The molecule has 4 aliphatic rings. The van der Waals surface area contributed by atoms with Crippen LogP contribution in [0.1, 0.15) is 29.9 Å². The third kappa shape index (κ3) is 5.50. The zero-order chi connectivity index (χ0) is 41.6. The minimum atomic E-state index is -1.78. The van der Waals surface area contributed by atoms with Crippen LogP contribution < -0.4 is 15.1 Å². The molecule has 6 unspecified atom stereocenters. The highest BCUT2D eigenvalue weighted by molar-refractivity contribution is 6.36. The molecule has 1 aromatic heterocycles. The molecule has 2 aliphatic heterocycles. The Morgan fingerprint density at radius 1 is 0.883 bits per heavy atom. The molecule has 2 N–H and O–H groups in total. The van der Waals surface area contributed by atoms with Crippen LogP contribution in [0.25, 0.3) is 22.6 Å². The van der Waals surface area contributed by atoms with Gasteiger partial charge in [0.25, 0.3) is 11.8 Å². The molecular formula is C46H33Cl2FN4O7. The lowest BCUT2D eigenvalue weighted by Crippen LogP contribution is -2.53. The molecule has 14 heteroatoms. The van der Waals surface area contributed by atoms with Gasteiger partial charge >= 0.3 is 0 Å². The summed E-state index contributed by atoms with van der Waals surface area (Å²) in [6.07, 6.45) is 1.93. The number of fused-ring (bicyclic) bond motifs is 5. The number of aromatic nitrogens is 1. The molecule has 6 aromatic rings. The van der Waals surface area contributed by atoms with Gasteiger partial charge in [-0.05, 0) is 97.1 Å². The summed E-state index contributed by atoms with van der Waals surface area (Å²) in [5, 5.41) is 12.9. The Kier molecular flexibility index (Phi) is 8.85. The van der Waals surface area contributed by atoms with Gasteiger partial charge in [-0.15, -0.1) is 0 Å². The summed E-state index contributed by atoms with van der Waals surface area (Å²) in [5.74, 6) is -7.74. The van der Waals surface area contributed by atoms with Gasteiger partial charge < -0.3 is 14.3 Å². The van der Waals surface area contributed by atoms with E-state index in [2.05, 4.69) is 10.4 Å². The second kappa shape index (κ2) is 14.1. The van der Waals surface area contributed by atoms with E-state index in [9.17, 15) is 19.5 Å². The molecule has 0 radical (unpaired) electrons. The average Bonchev–Trinajstić information content (AvgIpc) is 3.87. The van der Waals surface area contributed by atoms with Crippen LogP contribution in [0.15, 0.2) is 125 Å². The number of ether oxygens (including phenoxy) is 1. The summed E-state index contributed by atoms with van der Waals surface area (Å²) in [5.41, 5.74) is 4.70. The van der Waals surface area contributed by atoms with E-state index >= 15 is 9.18 Å². The number of carbonyl (C=O) groups excluding carboxylic acids is 4. The fraction of sp³-hybridized carbons (Fsp3) is 0.196. The summed E-state index contributed by atoms with van der Waals surface area (Å²) in [7, 11) is 1.50. The normalized spacial score (nSPS) is 24.7. The molecule has 11 nitrogen and oxygen atoms in total. The zero-order valence-corrected chi connectivity index (χ0v) is 33.2. The lowest BCUT2D eigenvalue weighted by atomic mass is 9.49. The Labute approximate surface area is 351 Å². The molecule has 10 rings (SSSR count). The van der Waals surface area contributed by atoms with E-state index in [1.165, 1.54) is 36.3 Å². The van der Waals surface area contributed by atoms with Crippen LogP contribution in [0.2, 0.25) is 10.0 Å². The predicted molar refractivity (Wildman–Crippen MR) is 221 cm³/mol. The number of carbonyl (C=O) groups is 4. The Morgan fingerprint density at radius 3 is 2.38 bits per heavy atom. The topological polar surface area (TPSA) is 142 Å². The number of oxazole rings is 1. The maximum absolute atomic E-state index is 15.5. The van der Waals surface area contributed by atoms with Crippen LogP contribution in [0.3, 0.4) is 0 Å². The van der Waals surface area contributed by atoms with E-state index in [1.54, 1.807) is 54.6 Å². The Morgan fingerprint density at radius 2 is 1.65 bits per heavy atom. The maximum atomic E-state index is 15.5. The molecule has 0 spiro atoms. The van der Waals surface area contributed by atoms with Crippen LogP contribution in [0.5, 0.6) is 11.5 Å². The lowest BCUT2D eigenvalue weighted by Gasteiger charge is -2.50. The Bertz CT molecular complexity index is 2800. The predicted octanol–water partition coefficient (Wildman–Crippen LogP) is 8.84. The van der Waals surface area contributed by atoms with Crippen molar-refractivity contribution >= 4 is 69.3 Å². The van der Waals surface area contributed by atoms with Crippen molar-refractivity contribution in [2.24, 2.45) is 23.7 Å². The highest BCUT2D eigenvalue weighted by atomic mass is 35.5. The molecule has 4 amide bonds. The van der Waals surface area contributed by atoms with Crippen molar-refractivity contribution in [1.29, 1.82) is 0 Å². The van der Waals surface area contributed by atoms with E-state index in [1.807, 2.05) is 30.3 Å². The van der Waals surface area contributed by atoms with Crippen molar-refractivity contribution in [3.8, 4) is 23.0 Å². The number of nitrogens with one attached hydrogen (secondary N) is 1. The molecule has 300 valence electrons. The summed E-state index contributed by atoms with van der Waals surface area (Å²) < 4.78 is 26.9. The quantitative estimate of drug-likeness (QED) is 0.119. The molecule has 60 heavy (non-hydrogen) atoms. The van der Waals surface area contributed by atoms with Crippen molar-refractivity contribution < 1.29 is 37.8 Å². The first-order valence-electron chi connectivity index (χ1n) is 19.3. The van der Waals surface area contributed by atoms with Gasteiger partial charge in [-0.2, -0.15) is 5.01 Å². The minimum Gasteiger partial charge on any atom is -0.505 e. The second-order valence-electron chi connectivity index (χ2n) is 15.4.